The van der Waals surface area contributed by atoms with Crippen molar-refractivity contribution in [1.82, 2.24) is 4.57 Å². The Morgan fingerprint density at radius 2 is 0.793 bits per heavy atom. The van der Waals surface area contributed by atoms with Gasteiger partial charge in [0, 0.05) is 33.4 Å². The number of rotatable bonds is 7. The second-order valence-corrected chi connectivity index (χ2v) is 15.0. The molecule has 0 radical (unpaired) electrons. The smallest absolute Gasteiger partial charge is 0.0541 e. The number of anilines is 3. The van der Waals surface area contributed by atoms with Crippen LogP contribution in [0.5, 0.6) is 0 Å². The quantitative estimate of drug-likeness (QED) is 0.158. The second kappa shape index (κ2) is 14.1. The first-order valence-electron chi connectivity index (χ1n) is 19.9. The SMILES string of the molecule is c1cc(-c2ccc(N(c3ccc(-c4cccc5ccccc45)cc3)c3ccc4ccccc4c3)cc2)cc(-c2ccccc2-n2c3ccccc3c3ccccc32)c1. The molecule has 0 amide bonds. The topological polar surface area (TPSA) is 8.17 Å². The zero-order valence-corrected chi connectivity index (χ0v) is 31.8. The molecule has 1 heterocycles. The van der Waals surface area contributed by atoms with Crippen LogP contribution in [0.15, 0.2) is 231 Å². The summed E-state index contributed by atoms with van der Waals surface area (Å²) in [6.45, 7) is 0. The van der Waals surface area contributed by atoms with E-state index in [1.54, 1.807) is 0 Å². The van der Waals surface area contributed by atoms with Crippen LogP contribution in [0.3, 0.4) is 0 Å². The third kappa shape index (κ3) is 5.82. The van der Waals surface area contributed by atoms with E-state index in [2.05, 4.69) is 240 Å². The van der Waals surface area contributed by atoms with Crippen LogP contribution < -0.4 is 4.90 Å². The van der Waals surface area contributed by atoms with Crippen molar-refractivity contribution >= 4 is 60.4 Å². The van der Waals surface area contributed by atoms with Crippen LogP contribution in [0.2, 0.25) is 0 Å². The standard InChI is InChI=1S/C56H38N2/c1-2-15-44-38-48(36-29-39(44)13-1)57(47-34-30-42(31-35-47)50-23-12-16-41-14-3-4-19-49(41)50)46-32-27-40(28-33-46)43-17-11-18-45(37-43)51-20-5-8-24-54(51)58-55-25-9-6-21-52(55)53-22-7-10-26-56(53)58/h1-38H. The van der Waals surface area contributed by atoms with Crippen LogP contribution in [0.25, 0.3) is 82.4 Å². The molecule has 2 nitrogen and oxygen atoms in total. The molecule has 0 saturated carbocycles. The highest BCUT2D eigenvalue weighted by Crippen LogP contribution is 2.40. The lowest BCUT2D eigenvalue weighted by molar-refractivity contribution is 1.18. The van der Waals surface area contributed by atoms with Crippen molar-refractivity contribution in [3.63, 3.8) is 0 Å². The average molecular weight is 739 g/mol. The molecule has 0 unspecified atom stereocenters. The summed E-state index contributed by atoms with van der Waals surface area (Å²) in [5.74, 6) is 0. The van der Waals surface area contributed by atoms with Crippen molar-refractivity contribution in [1.29, 1.82) is 0 Å². The first-order chi connectivity index (χ1) is 28.8. The fourth-order valence-corrected chi connectivity index (χ4v) is 8.79. The summed E-state index contributed by atoms with van der Waals surface area (Å²) < 4.78 is 2.41. The number of hydrogen-bond donors (Lipinski definition) is 0. The molecule has 0 spiro atoms. The van der Waals surface area contributed by atoms with Gasteiger partial charge in [-0.05, 0) is 110 Å². The molecule has 0 saturated heterocycles. The minimum Gasteiger partial charge on any atom is -0.310 e. The zero-order valence-electron chi connectivity index (χ0n) is 31.8. The van der Waals surface area contributed by atoms with Gasteiger partial charge < -0.3 is 9.47 Å². The molecule has 0 atom stereocenters. The van der Waals surface area contributed by atoms with Crippen LogP contribution in [0.4, 0.5) is 17.1 Å². The third-order valence-electron chi connectivity index (χ3n) is 11.6. The maximum atomic E-state index is 2.41. The van der Waals surface area contributed by atoms with Crippen molar-refractivity contribution in [2.45, 2.75) is 0 Å². The summed E-state index contributed by atoms with van der Waals surface area (Å²) >= 11 is 0. The Morgan fingerprint density at radius 1 is 0.276 bits per heavy atom. The lowest BCUT2D eigenvalue weighted by atomic mass is 9.97. The minimum absolute atomic E-state index is 1.10. The van der Waals surface area contributed by atoms with Gasteiger partial charge in [-0.1, -0.05) is 170 Å². The number of hydrogen-bond acceptors (Lipinski definition) is 1. The molecule has 0 bridgehead atoms. The van der Waals surface area contributed by atoms with E-state index in [0.717, 1.165) is 17.1 Å². The highest BCUT2D eigenvalue weighted by Gasteiger charge is 2.17. The van der Waals surface area contributed by atoms with Gasteiger partial charge in [-0.15, -0.1) is 0 Å². The van der Waals surface area contributed by atoms with Crippen molar-refractivity contribution in [2.75, 3.05) is 4.90 Å². The minimum atomic E-state index is 1.10. The van der Waals surface area contributed by atoms with Gasteiger partial charge in [-0.25, -0.2) is 0 Å². The van der Waals surface area contributed by atoms with E-state index in [-0.39, 0.29) is 0 Å². The lowest BCUT2D eigenvalue weighted by Gasteiger charge is -2.26. The molecular formula is C56H38N2. The summed E-state index contributed by atoms with van der Waals surface area (Å²) in [6, 6.07) is 83.6. The summed E-state index contributed by atoms with van der Waals surface area (Å²) in [4.78, 5) is 2.36. The predicted octanol–water partition coefficient (Wildman–Crippen LogP) is 15.6. The van der Waals surface area contributed by atoms with Gasteiger partial charge in [0.2, 0.25) is 0 Å². The van der Waals surface area contributed by atoms with Crippen molar-refractivity contribution in [2.24, 2.45) is 0 Å². The second-order valence-electron chi connectivity index (χ2n) is 15.0. The van der Waals surface area contributed by atoms with E-state index in [0.29, 0.717) is 0 Å². The molecule has 10 aromatic carbocycles. The largest absolute Gasteiger partial charge is 0.310 e. The monoisotopic (exact) mass is 738 g/mol. The molecule has 0 aliphatic carbocycles. The first kappa shape index (κ1) is 33.6. The van der Waals surface area contributed by atoms with E-state index in [1.807, 2.05) is 0 Å². The van der Waals surface area contributed by atoms with Crippen LogP contribution in [-0.2, 0) is 0 Å². The highest BCUT2D eigenvalue weighted by atomic mass is 15.1. The van der Waals surface area contributed by atoms with Gasteiger partial charge in [0.05, 0.1) is 16.7 Å². The highest BCUT2D eigenvalue weighted by molar-refractivity contribution is 6.09. The van der Waals surface area contributed by atoms with E-state index in [9.17, 15) is 0 Å². The Morgan fingerprint density at radius 3 is 1.53 bits per heavy atom. The lowest BCUT2D eigenvalue weighted by Crippen LogP contribution is -2.09. The van der Waals surface area contributed by atoms with Crippen LogP contribution in [0.1, 0.15) is 0 Å². The Bertz CT molecular complexity index is 3220. The Labute approximate surface area is 338 Å². The predicted molar refractivity (Wildman–Crippen MR) is 247 cm³/mol. The number of nitrogens with zero attached hydrogens (tertiary/aromatic N) is 2. The van der Waals surface area contributed by atoms with Crippen molar-refractivity contribution < 1.29 is 0 Å². The van der Waals surface area contributed by atoms with Gasteiger partial charge in [-0.3, -0.25) is 0 Å². The van der Waals surface area contributed by atoms with Gasteiger partial charge in [0.1, 0.15) is 0 Å². The molecule has 0 fully saturated rings. The molecule has 0 N–H and O–H groups in total. The number of benzene rings is 10. The molecule has 0 aliphatic heterocycles. The summed E-state index contributed by atoms with van der Waals surface area (Å²) in [5, 5.41) is 7.48. The number of fused-ring (bicyclic) bond motifs is 5. The van der Waals surface area contributed by atoms with Crippen molar-refractivity contribution in [3.8, 4) is 39.1 Å². The van der Waals surface area contributed by atoms with E-state index in [4.69, 9.17) is 0 Å². The van der Waals surface area contributed by atoms with Gasteiger partial charge in [0.15, 0.2) is 0 Å². The van der Waals surface area contributed by atoms with E-state index >= 15 is 0 Å². The van der Waals surface area contributed by atoms with Gasteiger partial charge in [0.25, 0.3) is 0 Å². The van der Waals surface area contributed by atoms with Crippen LogP contribution in [0, 0.1) is 0 Å². The van der Waals surface area contributed by atoms with Gasteiger partial charge in [-0.2, -0.15) is 0 Å². The molecular weight excluding hydrogens is 701 g/mol. The van der Waals surface area contributed by atoms with Crippen molar-refractivity contribution in [3.05, 3.63) is 231 Å². The third-order valence-corrected chi connectivity index (χ3v) is 11.6. The molecule has 272 valence electrons. The maximum Gasteiger partial charge on any atom is 0.0541 e. The van der Waals surface area contributed by atoms with Gasteiger partial charge >= 0.3 is 0 Å². The van der Waals surface area contributed by atoms with Crippen LogP contribution >= 0.6 is 0 Å². The fourth-order valence-electron chi connectivity index (χ4n) is 8.79. The summed E-state index contributed by atoms with van der Waals surface area (Å²) in [5.41, 5.74) is 14.1. The fraction of sp³-hybridized carbons (Fsp3) is 0. The maximum absolute atomic E-state index is 2.41. The summed E-state index contributed by atoms with van der Waals surface area (Å²) in [6.07, 6.45) is 0. The Hall–Kier alpha value is -7.68. The van der Waals surface area contributed by atoms with E-state index < -0.39 is 0 Å². The zero-order chi connectivity index (χ0) is 38.4. The number of para-hydroxylation sites is 3. The molecule has 0 aliphatic rings. The Balaban J connectivity index is 0.974. The number of aromatic nitrogens is 1. The molecule has 2 heteroatoms. The summed E-state index contributed by atoms with van der Waals surface area (Å²) in [7, 11) is 0. The average Bonchev–Trinajstić information content (AvgIpc) is 3.64. The molecule has 1 aromatic heterocycles. The molecule has 11 rings (SSSR count). The van der Waals surface area contributed by atoms with Crippen LogP contribution in [-0.4, -0.2) is 4.57 Å². The normalized spacial score (nSPS) is 11.4. The molecule has 11 aromatic rings. The first-order valence-corrected chi connectivity index (χ1v) is 19.9. The Kier molecular flexibility index (Phi) is 8.19. The van der Waals surface area contributed by atoms with E-state index in [1.165, 1.54) is 82.4 Å². The molecule has 58 heavy (non-hydrogen) atoms.